The van der Waals surface area contributed by atoms with Crippen LogP contribution in [0.2, 0.25) is 0 Å². The molecule has 0 spiro atoms. The van der Waals surface area contributed by atoms with Crippen molar-refractivity contribution < 1.29 is 4.74 Å². The van der Waals surface area contributed by atoms with Crippen molar-refractivity contribution in [1.29, 1.82) is 0 Å². The maximum atomic E-state index is 5.76. The molecule has 6 heteroatoms. The lowest BCUT2D eigenvalue weighted by Gasteiger charge is -2.05. The summed E-state index contributed by atoms with van der Waals surface area (Å²) >= 11 is 1.34. The Kier molecular flexibility index (Phi) is 3.10. The van der Waals surface area contributed by atoms with Crippen molar-refractivity contribution in [3.05, 3.63) is 41.0 Å². The van der Waals surface area contributed by atoms with Crippen LogP contribution >= 0.6 is 11.3 Å². The summed E-state index contributed by atoms with van der Waals surface area (Å²) in [7, 11) is 0. The highest BCUT2D eigenvalue weighted by atomic mass is 32.1. The van der Waals surface area contributed by atoms with Crippen molar-refractivity contribution in [3.63, 3.8) is 0 Å². The summed E-state index contributed by atoms with van der Waals surface area (Å²) in [6.07, 6.45) is 0. The SMILES string of the molecule is Cc1ccc2cccc(Oc3nnc(CN)s3)c2n1. The second-order valence-corrected chi connectivity index (χ2v) is 5.07. The highest BCUT2D eigenvalue weighted by Crippen LogP contribution is 2.30. The molecule has 0 bridgehead atoms. The van der Waals surface area contributed by atoms with Gasteiger partial charge in [-0.05, 0) is 19.1 Å². The maximum absolute atomic E-state index is 5.76. The zero-order valence-corrected chi connectivity index (χ0v) is 11.1. The second-order valence-electron chi connectivity index (χ2n) is 4.05. The molecule has 2 heterocycles. The number of aryl methyl sites for hydroxylation is 1. The minimum atomic E-state index is 0.369. The first-order valence-electron chi connectivity index (χ1n) is 5.83. The second kappa shape index (κ2) is 4.91. The van der Waals surface area contributed by atoms with Gasteiger partial charge < -0.3 is 10.5 Å². The quantitative estimate of drug-likeness (QED) is 0.793. The third-order valence-corrected chi connectivity index (χ3v) is 3.47. The highest BCUT2D eigenvalue weighted by molar-refractivity contribution is 7.13. The van der Waals surface area contributed by atoms with Gasteiger partial charge in [0.05, 0.1) is 0 Å². The third-order valence-electron chi connectivity index (χ3n) is 2.64. The van der Waals surface area contributed by atoms with Crippen LogP contribution < -0.4 is 10.5 Å². The fourth-order valence-electron chi connectivity index (χ4n) is 1.76. The summed E-state index contributed by atoms with van der Waals surface area (Å²) in [5, 5.41) is 10.1. The van der Waals surface area contributed by atoms with Gasteiger partial charge in [-0.1, -0.05) is 34.6 Å². The van der Waals surface area contributed by atoms with E-state index in [1.165, 1.54) is 11.3 Å². The van der Waals surface area contributed by atoms with E-state index in [4.69, 9.17) is 10.5 Å². The van der Waals surface area contributed by atoms with Gasteiger partial charge in [-0.2, -0.15) is 0 Å². The van der Waals surface area contributed by atoms with Gasteiger partial charge in [0.25, 0.3) is 5.19 Å². The van der Waals surface area contributed by atoms with Crippen LogP contribution in [0.15, 0.2) is 30.3 Å². The first kappa shape index (κ1) is 12.0. The van der Waals surface area contributed by atoms with Gasteiger partial charge in [0.1, 0.15) is 10.5 Å². The van der Waals surface area contributed by atoms with Crippen molar-refractivity contribution >= 4 is 22.2 Å². The van der Waals surface area contributed by atoms with Crippen LogP contribution in [0.1, 0.15) is 10.7 Å². The number of nitrogens with zero attached hydrogens (tertiary/aromatic N) is 3. The standard InChI is InChI=1S/C13H12N4OS/c1-8-5-6-9-3-2-4-10(12(9)15-8)18-13-17-16-11(7-14)19-13/h2-6H,7,14H2,1H3. The highest BCUT2D eigenvalue weighted by Gasteiger charge is 2.09. The minimum Gasteiger partial charge on any atom is -0.427 e. The van der Waals surface area contributed by atoms with Crippen LogP contribution in [-0.4, -0.2) is 15.2 Å². The number of fused-ring (bicyclic) bond motifs is 1. The van der Waals surface area contributed by atoms with Gasteiger partial charge >= 0.3 is 0 Å². The Morgan fingerprint density at radius 1 is 1.21 bits per heavy atom. The van der Waals surface area contributed by atoms with Crippen molar-refractivity contribution in [2.24, 2.45) is 5.73 Å². The molecule has 1 aromatic carbocycles. The minimum absolute atomic E-state index is 0.369. The molecule has 0 aliphatic rings. The number of para-hydroxylation sites is 1. The smallest absolute Gasteiger partial charge is 0.299 e. The first-order valence-corrected chi connectivity index (χ1v) is 6.64. The van der Waals surface area contributed by atoms with E-state index in [0.717, 1.165) is 21.6 Å². The van der Waals surface area contributed by atoms with Crippen LogP contribution in [0.4, 0.5) is 0 Å². The van der Waals surface area contributed by atoms with E-state index in [2.05, 4.69) is 15.2 Å². The first-order chi connectivity index (χ1) is 9.26. The molecule has 0 saturated carbocycles. The number of rotatable bonds is 3. The molecule has 2 aromatic heterocycles. The van der Waals surface area contributed by atoms with Gasteiger partial charge in [0.15, 0.2) is 5.75 Å². The Bertz CT molecular complexity index is 725. The fraction of sp³-hybridized carbons (Fsp3) is 0.154. The van der Waals surface area contributed by atoms with E-state index in [1.807, 2.05) is 37.3 Å². The summed E-state index contributed by atoms with van der Waals surface area (Å²) in [4.78, 5) is 4.51. The van der Waals surface area contributed by atoms with Gasteiger partial charge in [-0.3, -0.25) is 0 Å². The van der Waals surface area contributed by atoms with Crippen LogP contribution in [0.5, 0.6) is 10.9 Å². The van der Waals surface area contributed by atoms with E-state index >= 15 is 0 Å². The summed E-state index contributed by atoms with van der Waals surface area (Å²) in [5.41, 5.74) is 7.28. The summed E-state index contributed by atoms with van der Waals surface area (Å²) in [6.45, 7) is 2.32. The van der Waals surface area contributed by atoms with Gasteiger partial charge in [0.2, 0.25) is 0 Å². The van der Waals surface area contributed by atoms with Crippen molar-refractivity contribution in [3.8, 4) is 10.9 Å². The number of aromatic nitrogens is 3. The zero-order valence-electron chi connectivity index (χ0n) is 10.3. The lowest BCUT2D eigenvalue weighted by molar-refractivity contribution is 0.477. The summed E-state index contributed by atoms with van der Waals surface area (Å²) in [5.74, 6) is 0.681. The lowest BCUT2D eigenvalue weighted by atomic mass is 10.2. The summed E-state index contributed by atoms with van der Waals surface area (Å²) < 4.78 is 5.76. The molecule has 0 fully saturated rings. The molecule has 3 rings (SSSR count). The molecule has 0 saturated heterocycles. The molecule has 0 aliphatic carbocycles. The number of pyridine rings is 1. The molecular weight excluding hydrogens is 260 g/mol. The molecule has 19 heavy (non-hydrogen) atoms. The molecule has 3 aromatic rings. The zero-order chi connectivity index (χ0) is 13.2. The van der Waals surface area contributed by atoms with Crippen LogP contribution in [0, 0.1) is 6.92 Å². The van der Waals surface area contributed by atoms with E-state index in [9.17, 15) is 0 Å². The Hall–Kier alpha value is -2.05. The average Bonchev–Trinajstić information content (AvgIpc) is 2.87. The molecule has 2 N–H and O–H groups in total. The van der Waals surface area contributed by atoms with E-state index in [1.54, 1.807) is 0 Å². The Morgan fingerprint density at radius 3 is 2.89 bits per heavy atom. The molecular formula is C13H12N4OS. The predicted octanol–water partition coefficient (Wildman–Crippen LogP) is 2.65. The normalized spacial score (nSPS) is 10.8. The monoisotopic (exact) mass is 272 g/mol. The Morgan fingerprint density at radius 2 is 2.11 bits per heavy atom. The molecule has 0 atom stereocenters. The number of hydrogen-bond donors (Lipinski definition) is 1. The number of ether oxygens (including phenoxy) is 1. The largest absolute Gasteiger partial charge is 0.427 e. The average molecular weight is 272 g/mol. The Balaban J connectivity index is 2.02. The third kappa shape index (κ3) is 2.40. The molecule has 5 nitrogen and oxygen atoms in total. The number of nitrogens with two attached hydrogens (primary N) is 1. The lowest BCUT2D eigenvalue weighted by Crippen LogP contribution is -1.94. The van der Waals surface area contributed by atoms with Gasteiger partial charge in [0, 0.05) is 17.6 Å². The van der Waals surface area contributed by atoms with E-state index < -0.39 is 0 Å². The topological polar surface area (TPSA) is 73.9 Å². The summed E-state index contributed by atoms with van der Waals surface area (Å²) in [6, 6.07) is 9.80. The van der Waals surface area contributed by atoms with Crippen LogP contribution in [0.3, 0.4) is 0 Å². The van der Waals surface area contributed by atoms with Crippen molar-refractivity contribution in [2.75, 3.05) is 0 Å². The van der Waals surface area contributed by atoms with Crippen molar-refractivity contribution in [2.45, 2.75) is 13.5 Å². The van der Waals surface area contributed by atoms with Gasteiger partial charge in [-0.25, -0.2) is 4.98 Å². The van der Waals surface area contributed by atoms with Crippen LogP contribution in [-0.2, 0) is 6.54 Å². The van der Waals surface area contributed by atoms with E-state index in [0.29, 0.717) is 17.5 Å². The molecule has 96 valence electrons. The van der Waals surface area contributed by atoms with Crippen LogP contribution in [0.25, 0.3) is 10.9 Å². The number of hydrogen-bond acceptors (Lipinski definition) is 6. The fourth-order valence-corrected chi connectivity index (χ4v) is 2.34. The molecule has 0 unspecified atom stereocenters. The molecule has 0 amide bonds. The van der Waals surface area contributed by atoms with Gasteiger partial charge in [-0.15, -0.1) is 5.10 Å². The Labute approximate surface area is 114 Å². The molecule has 0 radical (unpaired) electrons. The van der Waals surface area contributed by atoms with Crippen molar-refractivity contribution in [1.82, 2.24) is 15.2 Å². The van der Waals surface area contributed by atoms with E-state index in [-0.39, 0.29) is 0 Å². The maximum Gasteiger partial charge on any atom is 0.299 e. The molecule has 0 aliphatic heterocycles. The predicted molar refractivity (Wildman–Crippen MR) is 74.4 cm³/mol. The number of benzene rings is 1.